The molecule has 0 bridgehead atoms. The zero-order valence-electron chi connectivity index (χ0n) is 13.1. The Labute approximate surface area is 138 Å². The van der Waals surface area contributed by atoms with Crippen molar-refractivity contribution in [3.05, 3.63) is 64.2 Å². The molecule has 1 fully saturated rings. The first-order valence-corrected chi connectivity index (χ1v) is 8.08. The summed E-state index contributed by atoms with van der Waals surface area (Å²) >= 11 is 0. The van der Waals surface area contributed by atoms with Crippen molar-refractivity contribution in [3.63, 3.8) is 0 Å². The van der Waals surface area contributed by atoms with Crippen LogP contribution in [0, 0.1) is 5.82 Å². The number of benzene rings is 2. The van der Waals surface area contributed by atoms with Crippen LogP contribution in [0.1, 0.15) is 31.2 Å². The molecule has 122 valence electrons. The summed E-state index contributed by atoms with van der Waals surface area (Å²) in [5.41, 5.74) is 1.000. The van der Waals surface area contributed by atoms with Gasteiger partial charge in [-0.2, -0.15) is 0 Å². The maximum absolute atomic E-state index is 13.3. The smallest absolute Gasteiger partial charge is 0.259 e. The van der Waals surface area contributed by atoms with Crippen LogP contribution in [0.3, 0.4) is 0 Å². The third-order valence-electron chi connectivity index (χ3n) is 4.79. The van der Waals surface area contributed by atoms with E-state index in [1.54, 1.807) is 0 Å². The lowest BCUT2D eigenvalue weighted by Crippen LogP contribution is -2.20. The highest BCUT2D eigenvalue weighted by Crippen LogP contribution is 2.38. The number of H-pyrrole nitrogens is 1. The molecule has 2 N–H and O–H groups in total. The summed E-state index contributed by atoms with van der Waals surface area (Å²) in [5, 5.41) is 10.9. The Morgan fingerprint density at radius 1 is 1.08 bits per heavy atom. The Bertz CT molecular complexity index is 957. The minimum absolute atomic E-state index is 0.232. The molecule has 4 rings (SSSR count). The van der Waals surface area contributed by atoms with E-state index in [4.69, 9.17) is 0 Å². The van der Waals surface area contributed by atoms with Crippen molar-refractivity contribution in [3.8, 4) is 11.4 Å². The summed E-state index contributed by atoms with van der Waals surface area (Å²) in [6.07, 6.45) is 3.63. The first-order valence-electron chi connectivity index (χ1n) is 8.08. The van der Waals surface area contributed by atoms with Crippen LogP contribution < -0.4 is 5.56 Å². The van der Waals surface area contributed by atoms with Crippen molar-refractivity contribution in [2.75, 3.05) is 0 Å². The highest BCUT2D eigenvalue weighted by Gasteiger charge is 2.32. The lowest BCUT2D eigenvalue weighted by Gasteiger charge is -2.22. The SMILES string of the molecule is O=c1[nH]c(-c2ccc(C3(O)CCCC3)cc2)nc2ccc(F)cc12. The quantitative estimate of drug-likeness (QED) is 0.758. The number of nitrogens with zero attached hydrogens (tertiary/aromatic N) is 1. The Balaban J connectivity index is 1.75. The van der Waals surface area contributed by atoms with Crippen LogP contribution in [-0.4, -0.2) is 15.1 Å². The Kier molecular flexibility index (Phi) is 3.46. The van der Waals surface area contributed by atoms with Gasteiger partial charge >= 0.3 is 0 Å². The van der Waals surface area contributed by atoms with E-state index in [1.807, 2.05) is 24.3 Å². The molecule has 0 spiro atoms. The topological polar surface area (TPSA) is 66.0 Å². The van der Waals surface area contributed by atoms with Crippen molar-refractivity contribution >= 4 is 10.9 Å². The molecule has 0 saturated heterocycles. The molecular formula is C19H17FN2O2. The highest BCUT2D eigenvalue weighted by molar-refractivity contribution is 5.79. The van der Waals surface area contributed by atoms with Crippen LogP contribution in [0.25, 0.3) is 22.3 Å². The van der Waals surface area contributed by atoms with E-state index < -0.39 is 11.4 Å². The van der Waals surface area contributed by atoms with Gasteiger partial charge in [0.15, 0.2) is 0 Å². The molecule has 0 aliphatic heterocycles. The Hall–Kier alpha value is -2.53. The van der Waals surface area contributed by atoms with Gasteiger partial charge in [-0.1, -0.05) is 37.1 Å². The van der Waals surface area contributed by atoms with E-state index >= 15 is 0 Å². The molecule has 0 unspecified atom stereocenters. The molecule has 0 radical (unpaired) electrons. The van der Waals surface area contributed by atoms with Crippen LogP contribution in [-0.2, 0) is 5.60 Å². The molecule has 5 heteroatoms. The summed E-state index contributed by atoms with van der Waals surface area (Å²) in [4.78, 5) is 19.3. The largest absolute Gasteiger partial charge is 0.385 e. The predicted molar refractivity (Wildman–Crippen MR) is 90.1 cm³/mol. The summed E-state index contributed by atoms with van der Waals surface area (Å²) < 4.78 is 13.3. The second kappa shape index (κ2) is 5.53. The van der Waals surface area contributed by atoms with Crippen LogP contribution in [0.5, 0.6) is 0 Å². The molecule has 1 saturated carbocycles. The molecule has 0 amide bonds. The van der Waals surface area contributed by atoms with Crippen molar-refractivity contribution < 1.29 is 9.50 Å². The molecule has 1 aliphatic rings. The van der Waals surface area contributed by atoms with E-state index in [1.165, 1.54) is 18.2 Å². The van der Waals surface area contributed by atoms with Gasteiger partial charge in [0.05, 0.1) is 16.5 Å². The molecule has 2 aromatic carbocycles. The fourth-order valence-electron chi connectivity index (χ4n) is 3.43. The fraction of sp³-hybridized carbons (Fsp3) is 0.263. The number of nitrogens with one attached hydrogen (secondary N) is 1. The second-order valence-electron chi connectivity index (χ2n) is 6.39. The Morgan fingerprint density at radius 2 is 1.79 bits per heavy atom. The van der Waals surface area contributed by atoms with E-state index in [9.17, 15) is 14.3 Å². The number of aliphatic hydroxyl groups is 1. The molecular weight excluding hydrogens is 307 g/mol. The monoisotopic (exact) mass is 324 g/mol. The van der Waals surface area contributed by atoms with Crippen LogP contribution in [0.15, 0.2) is 47.3 Å². The maximum atomic E-state index is 13.3. The van der Waals surface area contributed by atoms with Gasteiger partial charge in [-0.05, 0) is 36.6 Å². The average molecular weight is 324 g/mol. The van der Waals surface area contributed by atoms with Crippen molar-refractivity contribution in [2.24, 2.45) is 0 Å². The zero-order valence-corrected chi connectivity index (χ0v) is 13.1. The predicted octanol–water partition coefficient (Wildman–Crippen LogP) is 3.49. The minimum Gasteiger partial charge on any atom is -0.385 e. The van der Waals surface area contributed by atoms with Gasteiger partial charge in [0.1, 0.15) is 11.6 Å². The lowest BCUT2D eigenvalue weighted by atomic mass is 9.91. The van der Waals surface area contributed by atoms with Gasteiger partial charge < -0.3 is 10.1 Å². The first kappa shape index (κ1) is 15.0. The normalized spacial score (nSPS) is 16.6. The van der Waals surface area contributed by atoms with E-state index in [2.05, 4.69) is 9.97 Å². The molecule has 1 aromatic heterocycles. The van der Waals surface area contributed by atoms with E-state index in [0.29, 0.717) is 11.3 Å². The number of halogens is 1. The zero-order chi connectivity index (χ0) is 16.7. The Morgan fingerprint density at radius 3 is 2.50 bits per heavy atom. The minimum atomic E-state index is -0.736. The third kappa shape index (κ3) is 2.51. The first-order chi connectivity index (χ1) is 11.5. The molecule has 3 aromatic rings. The highest BCUT2D eigenvalue weighted by atomic mass is 19.1. The maximum Gasteiger partial charge on any atom is 0.259 e. The number of fused-ring (bicyclic) bond motifs is 1. The average Bonchev–Trinajstić information content (AvgIpc) is 3.03. The van der Waals surface area contributed by atoms with Gasteiger partial charge in [0.2, 0.25) is 0 Å². The third-order valence-corrected chi connectivity index (χ3v) is 4.79. The van der Waals surface area contributed by atoms with Gasteiger partial charge in [-0.25, -0.2) is 9.37 Å². The summed E-state index contributed by atoms with van der Waals surface area (Å²) in [6, 6.07) is 11.4. The number of hydrogen-bond donors (Lipinski definition) is 2. The number of aromatic amines is 1. The fourth-order valence-corrected chi connectivity index (χ4v) is 3.43. The molecule has 1 heterocycles. The number of hydrogen-bond acceptors (Lipinski definition) is 3. The van der Waals surface area contributed by atoms with Crippen LogP contribution >= 0.6 is 0 Å². The number of aromatic nitrogens is 2. The number of rotatable bonds is 2. The van der Waals surface area contributed by atoms with Crippen molar-refractivity contribution in [1.82, 2.24) is 9.97 Å². The summed E-state index contributed by atoms with van der Waals surface area (Å²) in [6.45, 7) is 0. The molecule has 4 nitrogen and oxygen atoms in total. The van der Waals surface area contributed by atoms with Crippen LogP contribution in [0.4, 0.5) is 4.39 Å². The van der Waals surface area contributed by atoms with E-state index in [0.717, 1.165) is 36.8 Å². The van der Waals surface area contributed by atoms with Gasteiger partial charge in [0, 0.05) is 5.56 Å². The van der Waals surface area contributed by atoms with Crippen LogP contribution in [0.2, 0.25) is 0 Å². The van der Waals surface area contributed by atoms with Gasteiger partial charge in [-0.15, -0.1) is 0 Å². The lowest BCUT2D eigenvalue weighted by molar-refractivity contribution is 0.0445. The second-order valence-corrected chi connectivity index (χ2v) is 6.39. The van der Waals surface area contributed by atoms with E-state index in [-0.39, 0.29) is 10.9 Å². The summed E-state index contributed by atoms with van der Waals surface area (Å²) in [7, 11) is 0. The standard InChI is InChI=1S/C19H17FN2O2/c20-14-7-8-16-15(11-14)18(23)22-17(21-16)12-3-5-13(6-4-12)19(24)9-1-2-10-19/h3-8,11,24H,1-2,9-10H2,(H,21,22,23). The van der Waals surface area contributed by atoms with Crippen molar-refractivity contribution in [1.29, 1.82) is 0 Å². The van der Waals surface area contributed by atoms with Crippen molar-refractivity contribution in [2.45, 2.75) is 31.3 Å². The summed E-state index contributed by atoms with van der Waals surface area (Å²) in [5.74, 6) is -0.0271. The van der Waals surface area contributed by atoms with Gasteiger partial charge in [0.25, 0.3) is 5.56 Å². The molecule has 24 heavy (non-hydrogen) atoms. The van der Waals surface area contributed by atoms with Gasteiger partial charge in [-0.3, -0.25) is 4.79 Å². The molecule has 1 aliphatic carbocycles. The molecule has 0 atom stereocenters.